The van der Waals surface area contributed by atoms with Crippen LogP contribution in [0.4, 0.5) is 0 Å². The first kappa shape index (κ1) is 15.5. The quantitative estimate of drug-likeness (QED) is 0.905. The van der Waals surface area contributed by atoms with Crippen LogP contribution in [0, 0.1) is 17.8 Å². The smallest absolute Gasteiger partial charge is 0.251 e. The summed E-state index contributed by atoms with van der Waals surface area (Å²) in [6.07, 6.45) is 1.75. The van der Waals surface area contributed by atoms with Gasteiger partial charge in [-0.15, -0.1) is 0 Å². The highest BCUT2D eigenvalue weighted by Gasteiger charge is 2.19. The first-order valence-electron chi connectivity index (χ1n) is 7.62. The third-order valence-corrected chi connectivity index (χ3v) is 4.10. The Hall–Kier alpha value is -1.90. The molecule has 1 amide bonds. The highest BCUT2D eigenvalue weighted by atomic mass is 16.1. The van der Waals surface area contributed by atoms with Crippen LogP contribution < -0.4 is 5.32 Å². The molecule has 0 bridgehead atoms. The molecule has 0 saturated carbocycles. The van der Waals surface area contributed by atoms with Crippen molar-refractivity contribution in [3.8, 4) is 0 Å². The topological polar surface area (TPSA) is 42.0 Å². The number of nitrogens with one attached hydrogen (secondary N) is 1. The van der Waals surface area contributed by atoms with E-state index >= 15 is 0 Å². The Morgan fingerprint density at radius 3 is 2.48 bits per heavy atom. The van der Waals surface area contributed by atoms with Crippen molar-refractivity contribution in [2.24, 2.45) is 17.8 Å². The lowest BCUT2D eigenvalue weighted by Crippen LogP contribution is -2.34. The summed E-state index contributed by atoms with van der Waals surface area (Å²) >= 11 is 0. The van der Waals surface area contributed by atoms with Gasteiger partial charge in [0, 0.05) is 23.7 Å². The minimum Gasteiger partial charge on any atom is -0.352 e. The molecule has 21 heavy (non-hydrogen) atoms. The number of hydrogen-bond acceptors (Lipinski definition) is 2. The number of rotatable bonds is 5. The fourth-order valence-electron chi connectivity index (χ4n) is 2.85. The van der Waals surface area contributed by atoms with Gasteiger partial charge in [0.2, 0.25) is 0 Å². The Kier molecular flexibility index (Phi) is 4.94. The van der Waals surface area contributed by atoms with Gasteiger partial charge in [-0.3, -0.25) is 9.78 Å². The number of nitrogens with zero attached hydrogens (tertiary/aromatic N) is 1. The maximum absolute atomic E-state index is 12.5. The van der Waals surface area contributed by atoms with Crippen molar-refractivity contribution in [3.05, 3.63) is 42.1 Å². The highest BCUT2D eigenvalue weighted by molar-refractivity contribution is 6.06. The van der Waals surface area contributed by atoms with E-state index in [2.05, 4.69) is 38.0 Å². The van der Waals surface area contributed by atoms with E-state index in [4.69, 9.17) is 0 Å². The molecule has 0 spiro atoms. The molecule has 0 aliphatic heterocycles. The standard InChI is InChI=1S/C18H24N2O/c1-12(2)16(13(3)4)11-20-18(21)15-7-5-9-17-14(15)8-6-10-19-17/h5-10,12-13,16H,11H2,1-4H3,(H,20,21). The summed E-state index contributed by atoms with van der Waals surface area (Å²) in [6.45, 7) is 9.54. The van der Waals surface area contributed by atoms with E-state index in [9.17, 15) is 4.79 Å². The molecule has 3 heteroatoms. The molecular weight excluding hydrogens is 260 g/mol. The summed E-state index contributed by atoms with van der Waals surface area (Å²) in [4.78, 5) is 16.8. The zero-order chi connectivity index (χ0) is 15.4. The van der Waals surface area contributed by atoms with Crippen molar-refractivity contribution in [1.82, 2.24) is 10.3 Å². The minimum atomic E-state index is -0.0140. The van der Waals surface area contributed by atoms with Gasteiger partial charge in [-0.1, -0.05) is 39.8 Å². The van der Waals surface area contributed by atoms with E-state index in [-0.39, 0.29) is 5.91 Å². The first-order valence-corrected chi connectivity index (χ1v) is 7.62. The Balaban J connectivity index is 2.16. The van der Waals surface area contributed by atoms with Gasteiger partial charge >= 0.3 is 0 Å². The molecule has 2 rings (SSSR count). The summed E-state index contributed by atoms with van der Waals surface area (Å²) in [6, 6.07) is 9.48. The number of carbonyl (C=O) groups excluding carboxylic acids is 1. The lowest BCUT2D eigenvalue weighted by Gasteiger charge is -2.25. The summed E-state index contributed by atoms with van der Waals surface area (Å²) in [5.74, 6) is 1.58. The molecule has 0 atom stereocenters. The zero-order valence-electron chi connectivity index (χ0n) is 13.3. The maximum atomic E-state index is 12.5. The number of fused-ring (bicyclic) bond motifs is 1. The number of amides is 1. The molecule has 1 N–H and O–H groups in total. The average Bonchev–Trinajstić information content (AvgIpc) is 2.46. The second-order valence-corrected chi connectivity index (χ2v) is 6.24. The predicted molar refractivity (Wildman–Crippen MR) is 87.2 cm³/mol. The van der Waals surface area contributed by atoms with Crippen LogP contribution in [-0.4, -0.2) is 17.4 Å². The maximum Gasteiger partial charge on any atom is 0.251 e. The molecule has 0 saturated heterocycles. The van der Waals surface area contributed by atoms with Crippen molar-refractivity contribution < 1.29 is 4.79 Å². The molecule has 0 unspecified atom stereocenters. The Morgan fingerprint density at radius 1 is 1.10 bits per heavy atom. The molecule has 1 aromatic heterocycles. The summed E-state index contributed by atoms with van der Waals surface area (Å²) in [5, 5.41) is 3.99. The van der Waals surface area contributed by atoms with E-state index in [1.807, 2.05) is 30.3 Å². The van der Waals surface area contributed by atoms with E-state index in [1.165, 1.54) is 0 Å². The lowest BCUT2D eigenvalue weighted by atomic mass is 9.85. The van der Waals surface area contributed by atoms with Crippen LogP contribution in [0.5, 0.6) is 0 Å². The van der Waals surface area contributed by atoms with Gasteiger partial charge in [0.15, 0.2) is 0 Å². The van der Waals surface area contributed by atoms with E-state index in [0.717, 1.165) is 10.9 Å². The van der Waals surface area contributed by atoms with Crippen LogP contribution in [0.15, 0.2) is 36.5 Å². The van der Waals surface area contributed by atoms with Gasteiger partial charge in [-0.25, -0.2) is 0 Å². The van der Waals surface area contributed by atoms with Crippen molar-refractivity contribution in [1.29, 1.82) is 0 Å². The van der Waals surface area contributed by atoms with Crippen molar-refractivity contribution in [3.63, 3.8) is 0 Å². The Labute approximate surface area is 126 Å². The van der Waals surface area contributed by atoms with Crippen molar-refractivity contribution in [2.45, 2.75) is 27.7 Å². The molecule has 1 heterocycles. The minimum absolute atomic E-state index is 0.0140. The number of carbonyl (C=O) groups is 1. The molecule has 2 aromatic rings. The van der Waals surface area contributed by atoms with Gasteiger partial charge in [-0.05, 0) is 36.0 Å². The Bertz CT molecular complexity index is 606. The average molecular weight is 284 g/mol. The normalized spacial score (nSPS) is 11.6. The SMILES string of the molecule is CC(C)C(CNC(=O)c1cccc2ncccc12)C(C)C. The zero-order valence-corrected chi connectivity index (χ0v) is 13.3. The number of hydrogen-bond donors (Lipinski definition) is 1. The molecule has 0 radical (unpaired) electrons. The number of pyridine rings is 1. The van der Waals surface area contributed by atoms with E-state index < -0.39 is 0 Å². The van der Waals surface area contributed by atoms with Crippen LogP contribution in [0.2, 0.25) is 0 Å². The second-order valence-electron chi connectivity index (χ2n) is 6.24. The third-order valence-electron chi connectivity index (χ3n) is 4.10. The predicted octanol–water partition coefficient (Wildman–Crippen LogP) is 3.89. The van der Waals surface area contributed by atoms with Crippen LogP contribution in [-0.2, 0) is 0 Å². The number of benzene rings is 1. The van der Waals surface area contributed by atoms with Crippen molar-refractivity contribution >= 4 is 16.8 Å². The summed E-state index contributed by atoms with van der Waals surface area (Å²) in [5.41, 5.74) is 1.56. The lowest BCUT2D eigenvalue weighted by molar-refractivity contribution is 0.0939. The molecule has 1 aromatic carbocycles. The van der Waals surface area contributed by atoms with Gasteiger partial charge in [-0.2, -0.15) is 0 Å². The molecular formula is C18H24N2O. The van der Waals surface area contributed by atoms with Crippen molar-refractivity contribution in [2.75, 3.05) is 6.54 Å². The molecule has 0 aliphatic rings. The third kappa shape index (κ3) is 3.60. The molecule has 0 aliphatic carbocycles. The fourth-order valence-corrected chi connectivity index (χ4v) is 2.85. The molecule has 112 valence electrons. The van der Waals surface area contributed by atoms with Gasteiger partial charge < -0.3 is 5.32 Å². The second kappa shape index (κ2) is 6.70. The van der Waals surface area contributed by atoms with E-state index in [1.54, 1.807) is 6.20 Å². The van der Waals surface area contributed by atoms with Gasteiger partial charge in [0.1, 0.15) is 0 Å². The van der Waals surface area contributed by atoms with Gasteiger partial charge in [0.05, 0.1) is 5.52 Å². The van der Waals surface area contributed by atoms with E-state index in [0.29, 0.717) is 29.9 Å². The van der Waals surface area contributed by atoms with Crippen LogP contribution in [0.3, 0.4) is 0 Å². The van der Waals surface area contributed by atoms with Crippen LogP contribution >= 0.6 is 0 Å². The fraction of sp³-hybridized carbons (Fsp3) is 0.444. The summed E-state index contributed by atoms with van der Waals surface area (Å²) < 4.78 is 0. The van der Waals surface area contributed by atoms with Gasteiger partial charge in [0.25, 0.3) is 5.91 Å². The van der Waals surface area contributed by atoms with Crippen LogP contribution in [0.25, 0.3) is 10.9 Å². The largest absolute Gasteiger partial charge is 0.352 e. The first-order chi connectivity index (χ1) is 10.0. The molecule has 0 fully saturated rings. The molecule has 3 nitrogen and oxygen atoms in total. The summed E-state index contributed by atoms with van der Waals surface area (Å²) in [7, 11) is 0. The number of aromatic nitrogens is 1. The monoisotopic (exact) mass is 284 g/mol. The highest BCUT2D eigenvalue weighted by Crippen LogP contribution is 2.20. The van der Waals surface area contributed by atoms with Crippen LogP contribution in [0.1, 0.15) is 38.1 Å². The Morgan fingerprint density at radius 2 is 1.81 bits per heavy atom.